The van der Waals surface area contributed by atoms with Gasteiger partial charge in [-0.1, -0.05) is 0 Å². The molecule has 2 heterocycles. The Morgan fingerprint density at radius 3 is 2.51 bits per heavy atom. The lowest BCUT2D eigenvalue weighted by Crippen LogP contribution is -2.41. The maximum Gasteiger partial charge on any atom is 0.335 e. The van der Waals surface area contributed by atoms with Crippen LogP contribution in [0.3, 0.4) is 0 Å². The van der Waals surface area contributed by atoms with E-state index in [-0.39, 0.29) is 54.4 Å². The maximum absolute atomic E-state index is 12.6. The van der Waals surface area contributed by atoms with Crippen LogP contribution < -0.4 is 21.5 Å². The summed E-state index contributed by atoms with van der Waals surface area (Å²) < 4.78 is 4.95. The van der Waals surface area contributed by atoms with Crippen molar-refractivity contribution in [1.29, 1.82) is 0 Å². The average Bonchev–Trinajstić information content (AvgIpc) is 2.93. The highest BCUT2D eigenvalue weighted by Crippen LogP contribution is 2.20. The van der Waals surface area contributed by atoms with Crippen LogP contribution in [0.5, 0.6) is 0 Å². The van der Waals surface area contributed by atoms with Crippen LogP contribution in [-0.4, -0.2) is 78.3 Å². The van der Waals surface area contributed by atoms with Crippen LogP contribution in [0.1, 0.15) is 35.8 Å². The third kappa shape index (κ3) is 8.30. The quantitative estimate of drug-likeness (QED) is 0.115. The molecule has 0 saturated carbocycles. The first-order valence-corrected chi connectivity index (χ1v) is 12.1. The third-order valence-electron chi connectivity index (χ3n) is 5.53. The SMILES string of the molecule is CC(=CN(Cc1cnc2nc(N)[nH]c(=O)c2n1)c1ccc(C(=O)N[C@@H](CCC(=O)O)C(=O)O)cc1)C(=O)OCCO. The molecule has 0 bridgehead atoms. The molecule has 0 unspecified atom stereocenters. The minimum Gasteiger partial charge on any atom is -0.481 e. The first kappa shape index (κ1) is 30.2. The molecule has 3 aromatic rings. The lowest BCUT2D eigenvalue weighted by Gasteiger charge is -2.22. The molecule has 216 valence electrons. The highest BCUT2D eigenvalue weighted by molar-refractivity contribution is 5.97. The fourth-order valence-electron chi connectivity index (χ4n) is 3.54. The molecule has 0 aliphatic carbocycles. The Morgan fingerprint density at radius 2 is 1.88 bits per heavy atom. The van der Waals surface area contributed by atoms with E-state index in [4.69, 9.17) is 20.7 Å². The van der Waals surface area contributed by atoms with Crippen molar-refractivity contribution in [2.75, 3.05) is 23.8 Å². The second-order valence-corrected chi connectivity index (χ2v) is 8.63. The summed E-state index contributed by atoms with van der Waals surface area (Å²) in [4.78, 5) is 75.7. The number of hydrogen-bond acceptors (Lipinski definition) is 12. The van der Waals surface area contributed by atoms with Crippen molar-refractivity contribution in [3.63, 3.8) is 0 Å². The number of nitrogens with one attached hydrogen (secondary N) is 2. The van der Waals surface area contributed by atoms with E-state index in [0.717, 1.165) is 0 Å². The number of ether oxygens (including phenoxy) is 1. The highest BCUT2D eigenvalue weighted by atomic mass is 16.5. The number of carbonyl (C=O) groups is 4. The zero-order chi connectivity index (χ0) is 30.1. The third-order valence-corrected chi connectivity index (χ3v) is 5.53. The van der Waals surface area contributed by atoms with Crippen LogP contribution in [0, 0.1) is 0 Å². The number of H-pyrrole nitrogens is 1. The number of carboxylic acids is 2. The number of rotatable bonds is 13. The van der Waals surface area contributed by atoms with Gasteiger partial charge in [-0.25, -0.2) is 19.6 Å². The van der Waals surface area contributed by atoms with Gasteiger partial charge in [-0.2, -0.15) is 4.98 Å². The van der Waals surface area contributed by atoms with Crippen molar-refractivity contribution in [3.05, 3.63) is 63.8 Å². The second-order valence-electron chi connectivity index (χ2n) is 8.63. The van der Waals surface area contributed by atoms with E-state index in [9.17, 15) is 29.1 Å². The van der Waals surface area contributed by atoms with Crippen LogP contribution in [-0.2, 0) is 25.7 Å². The molecule has 0 spiro atoms. The molecule has 3 rings (SSSR count). The Labute approximate surface area is 231 Å². The van der Waals surface area contributed by atoms with Crippen molar-refractivity contribution < 1.29 is 39.2 Å². The van der Waals surface area contributed by atoms with Gasteiger partial charge in [-0.15, -0.1) is 0 Å². The van der Waals surface area contributed by atoms with E-state index in [0.29, 0.717) is 11.4 Å². The van der Waals surface area contributed by atoms with E-state index < -0.39 is 41.8 Å². The average molecular weight is 570 g/mol. The summed E-state index contributed by atoms with van der Waals surface area (Å²) in [6.07, 6.45) is 2.08. The van der Waals surface area contributed by atoms with Gasteiger partial charge in [-0.05, 0) is 37.6 Å². The number of aromatic amines is 1. The lowest BCUT2D eigenvalue weighted by atomic mass is 10.1. The minimum atomic E-state index is -1.40. The normalized spacial score (nSPS) is 12.0. The van der Waals surface area contributed by atoms with Gasteiger partial charge >= 0.3 is 17.9 Å². The van der Waals surface area contributed by atoms with Gasteiger partial charge < -0.3 is 36.0 Å². The predicted molar refractivity (Wildman–Crippen MR) is 143 cm³/mol. The molecule has 0 saturated heterocycles. The van der Waals surface area contributed by atoms with E-state index in [1.807, 2.05) is 0 Å². The van der Waals surface area contributed by atoms with Crippen LogP contribution in [0.4, 0.5) is 11.6 Å². The Bertz CT molecular complexity index is 1540. The van der Waals surface area contributed by atoms with E-state index in [1.165, 1.54) is 43.6 Å². The summed E-state index contributed by atoms with van der Waals surface area (Å²) in [5, 5.41) is 29.3. The number of aliphatic hydroxyl groups is 1. The number of fused-ring (bicyclic) bond motifs is 1. The Kier molecular flexibility index (Phi) is 10.0. The summed E-state index contributed by atoms with van der Waals surface area (Å²) in [7, 11) is 0. The molecule has 16 heteroatoms. The summed E-state index contributed by atoms with van der Waals surface area (Å²) >= 11 is 0. The highest BCUT2D eigenvalue weighted by Gasteiger charge is 2.22. The zero-order valence-electron chi connectivity index (χ0n) is 21.7. The van der Waals surface area contributed by atoms with Gasteiger partial charge in [0.25, 0.3) is 11.5 Å². The fourth-order valence-corrected chi connectivity index (χ4v) is 3.54. The number of aliphatic hydroxyl groups excluding tert-OH is 1. The predicted octanol–water partition coefficient (Wildman–Crippen LogP) is -0.211. The van der Waals surface area contributed by atoms with Crippen molar-refractivity contribution >= 4 is 46.6 Å². The van der Waals surface area contributed by atoms with Crippen molar-refractivity contribution in [3.8, 4) is 0 Å². The van der Waals surface area contributed by atoms with Gasteiger partial charge in [-0.3, -0.25) is 19.4 Å². The maximum atomic E-state index is 12.6. The molecule has 0 radical (unpaired) electrons. The van der Waals surface area contributed by atoms with Gasteiger partial charge in [0.2, 0.25) is 5.95 Å². The van der Waals surface area contributed by atoms with Crippen LogP contribution in [0.2, 0.25) is 0 Å². The Morgan fingerprint density at radius 1 is 1.17 bits per heavy atom. The largest absolute Gasteiger partial charge is 0.481 e. The van der Waals surface area contributed by atoms with E-state index in [1.54, 1.807) is 4.90 Å². The molecular formula is C25H27N7O9. The van der Waals surface area contributed by atoms with Crippen LogP contribution in [0.25, 0.3) is 11.2 Å². The number of anilines is 2. The molecule has 7 N–H and O–H groups in total. The van der Waals surface area contributed by atoms with Gasteiger partial charge in [0.05, 0.1) is 30.6 Å². The minimum absolute atomic E-state index is 0.000797. The number of nitrogens with two attached hydrogens (primary N) is 1. The summed E-state index contributed by atoms with van der Waals surface area (Å²) in [5.41, 5.74) is 5.97. The fraction of sp³-hybridized carbons (Fsp3) is 0.280. The summed E-state index contributed by atoms with van der Waals surface area (Å²) in [6, 6.07) is 4.46. The van der Waals surface area contributed by atoms with Gasteiger partial charge in [0, 0.05) is 23.9 Å². The van der Waals surface area contributed by atoms with Crippen molar-refractivity contribution in [1.82, 2.24) is 25.3 Å². The molecule has 1 atom stereocenters. The summed E-state index contributed by atoms with van der Waals surface area (Å²) in [5.74, 6) is -4.11. The van der Waals surface area contributed by atoms with Crippen molar-refractivity contribution in [2.24, 2.45) is 0 Å². The van der Waals surface area contributed by atoms with Gasteiger partial charge in [0.1, 0.15) is 12.6 Å². The number of aliphatic carboxylic acids is 2. The van der Waals surface area contributed by atoms with Crippen LogP contribution >= 0.6 is 0 Å². The molecule has 16 nitrogen and oxygen atoms in total. The van der Waals surface area contributed by atoms with E-state index >= 15 is 0 Å². The number of carbonyl (C=O) groups excluding carboxylic acids is 2. The monoisotopic (exact) mass is 569 g/mol. The Hall–Kier alpha value is -5.38. The zero-order valence-corrected chi connectivity index (χ0v) is 21.7. The molecule has 2 aromatic heterocycles. The molecule has 41 heavy (non-hydrogen) atoms. The molecule has 0 aliphatic heterocycles. The number of benzene rings is 1. The van der Waals surface area contributed by atoms with Crippen LogP contribution in [0.15, 0.2) is 47.0 Å². The molecular weight excluding hydrogens is 542 g/mol. The number of aromatic nitrogens is 4. The number of hydrogen-bond donors (Lipinski definition) is 6. The number of amides is 1. The smallest absolute Gasteiger partial charge is 0.335 e. The Balaban J connectivity index is 1.90. The molecule has 0 aliphatic rings. The second kappa shape index (κ2) is 13.6. The summed E-state index contributed by atoms with van der Waals surface area (Å²) in [6.45, 7) is 0.929. The number of nitrogens with zero attached hydrogens (tertiary/aromatic N) is 4. The number of nitrogen functional groups attached to an aromatic ring is 1. The first-order chi connectivity index (χ1) is 19.5. The van der Waals surface area contributed by atoms with Gasteiger partial charge in [0.15, 0.2) is 11.2 Å². The molecule has 1 aromatic carbocycles. The van der Waals surface area contributed by atoms with E-state index in [2.05, 4.69) is 25.3 Å². The van der Waals surface area contributed by atoms with Crippen molar-refractivity contribution in [2.45, 2.75) is 32.4 Å². The first-order valence-electron chi connectivity index (χ1n) is 12.1. The molecule has 0 fully saturated rings. The molecule has 1 amide bonds. The standard InChI is InChI=1S/C25H27N7O9/c1-13(24(40)41-9-8-33)11-32(12-15-10-27-20-19(28-15)22(37)31-25(26)30-20)16-4-2-14(3-5-16)21(36)29-17(23(38)39)6-7-18(34)35/h2-5,10-11,17,33H,6-9,12H2,1H3,(H,29,36)(H,34,35)(H,38,39)(H3,26,27,30,31,37)/t17-/m0/s1. The topological polar surface area (TPSA) is 251 Å². The number of esters is 1. The lowest BCUT2D eigenvalue weighted by molar-refractivity contribution is -0.141. The number of carboxylic acid groups (broad SMARTS) is 2.